The van der Waals surface area contributed by atoms with Crippen molar-refractivity contribution < 1.29 is 25.2 Å². The molecule has 0 aliphatic rings. The normalized spacial score (nSPS) is 15.7. The number of hydrogen-bond acceptors (Lipinski definition) is 4. The first-order valence-corrected chi connectivity index (χ1v) is 8.91. The lowest BCUT2D eigenvalue weighted by atomic mass is 10.0. The highest BCUT2D eigenvalue weighted by Crippen LogP contribution is 2.12. The van der Waals surface area contributed by atoms with Gasteiger partial charge in [0.25, 0.3) is 0 Å². The molecule has 3 atom stereocenters. The van der Waals surface area contributed by atoms with Crippen molar-refractivity contribution in [2.75, 3.05) is 0 Å². The number of aliphatic hydroxyl groups is 3. The fraction of sp³-hybridized carbons (Fsp3) is 0.833. The van der Waals surface area contributed by atoms with Crippen LogP contribution in [0.2, 0.25) is 0 Å². The molecule has 0 aliphatic heterocycles. The van der Waals surface area contributed by atoms with Crippen LogP contribution >= 0.6 is 0 Å². The van der Waals surface area contributed by atoms with Gasteiger partial charge in [0.2, 0.25) is 0 Å². The van der Waals surface area contributed by atoms with Crippen LogP contribution in [0.5, 0.6) is 0 Å². The zero-order chi connectivity index (χ0) is 17.5. The monoisotopic (exact) mass is 330 g/mol. The number of carbonyl (C=O) groups is 1. The van der Waals surface area contributed by atoms with Crippen LogP contribution in [0.4, 0.5) is 0 Å². The van der Waals surface area contributed by atoms with Gasteiger partial charge in [0.1, 0.15) is 0 Å². The number of rotatable bonds is 15. The molecule has 23 heavy (non-hydrogen) atoms. The van der Waals surface area contributed by atoms with E-state index in [-0.39, 0.29) is 6.42 Å². The van der Waals surface area contributed by atoms with E-state index in [9.17, 15) is 20.1 Å². The third-order valence-electron chi connectivity index (χ3n) is 3.92. The maximum absolute atomic E-state index is 10.4. The largest absolute Gasteiger partial charge is 0.481 e. The van der Waals surface area contributed by atoms with Crippen molar-refractivity contribution in [2.45, 2.75) is 95.9 Å². The van der Waals surface area contributed by atoms with Crippen LogP contribution in [-0.4, -0.2) is 44.7 Å². The van der Waals surface area contributed by atoms with E-state index >= 15 is 0 Å². The van der Waals surface area contributed by atoms with Gasteiger partial charge in [-0.2, -0.15) is 0 Å². The number of carboxylic acid groups (broad SMARTS) is 1. The number of aliphatic carboxylic acids is 1. The highest BCUT2D eigenvalue weighted by atomic mass is 16.4. The van der Waals surface area contributed by atoms with E-state index in [4.69, 9.17) is 5.11 Å². The van der Waals surface area contributed by atoms with E-state index in [1.807, 2.05) is 0 Å². The molecule has 0 heterocycles. The molecule has 5 heteroatoms. The standard InChI is InChI=1S/C18H34O5/c1-2-3-4-5-6-7-11-16(20)17(21)14-13-15(19)10-8-9-12-18(22)23/h13-17,19-21H,2-12H2,1H3,(H,22,23)/b14-13-/t15-,16-,17-/m1/s1. The second kappa shape index (κ2) is 14.7. The van der Waals surface area contributed by atoms with Crippen LogP contribution in [0.25, 0.3) is 0 Å². The van der Waals surface area contributed by atoms with Crippen molar-refractivity contribution in [3.05, 3.63) is 12.2 Å². The quantitative estimate of drug-likeness (QED) is 0.273. The molecule has 136 valence electrons. The molecule has 5 nitrogen and oxygen atoms in total. The van der Waals surface area contributed by atoms with Crippen molar-refractivity contribution in [2.24, 2.45) is 0 Å². The Labute approximate surface area is 140 Å². The molecule has 0 saturated carbocycles. The lowest BCUT2D eigenvalue weighted by molar-refractivity contribution is -0.137. The van der Waals surface area contributed by atoms with Gasteiger partial charge >= 0.3 is 5.97 Å². The third-order valence-corrected chi connectivity index (χ3v) is 3.92. The van der Waals surface area contributed by atoms with Gasteiger partial charge in [-0.3, -0.25) is 4.79 Å². The maximum Gasteiger partial charge on any atom is 0.303 e. The van der Waals surface area contributed by atoms with E-state index in [0.717, 1.165) is 12.8 Å². The zero-order valence-corrected chi connectivity index (χ0v) is 14.4. The molecule has 0 radical (unpaired) electrons. The van der Waals surface area contributed by atoms with Gasteiger partial charge in [0, 0.05) is 6.42 Å². The summed E-state index contributed by atoms with van der Waals surface area (Å²) < 4.78 is 0. The molecule has 0 spiro atoms. The fourth-order valence-electron chi connectivity index (χ4n) is 2.40. The SMILES string of the molecule is CCCCCCCC[C@@H](O)[C@H](O)/C=C\[C@H](O)CCCCC(=O)O. The van der Waals surface area contributed by atoms with Gasteiger partial charge in [-0.25, -0.2) is 0 Å². The Bertz CT molecular complexity index is 317. The van der Waals surface area contributed by atoms with Crippen LogP contribution in [0.3, 0.4) is 0 Å². The van der Waals surface area contributed by atoms with Crippen LogP contribution in [0, 0.1) is 0 Å². The van der Waals surface area contributed by atoms with Crippen molar-refractivity contribution >= 4 is 5.97 Å². The summed E-state index contributed by atoms with van der Waals surface area (Å²) >= 11 is 0. The smallest absolute Gasteiger partial charge is 0.303 e. The number of unbranched alkanes of at least 4 members (excludes halogenated alkanes) is 6. The van der Waals surface area contributed by atoms with Gasteiger partial charge in [-0.1, -0.05) is 57.6 Å². The van der Waals surface area contributed by atoms with E-state index in [0.29, 0.717) is 25.7 Å². The molecule has 0 unspecified atom stereocenters. The average Bonchev–Trinajstić information content (AvgIpc) is 2.52. The summed E-state index contributed by atoms with van der Waals surface area (Å²) in [4.78, 5) is 10.4. The minimum absolute atomic E-state index is 0.107. The van der Waals surface area contributed by atoms with E-state index in [1.54, 1.807) is 0 Å². The van der Waals surface area contributed by atoms with Crippen LogP contribution in [0.15, 0.2) is 12.2 Å². The summed E-state index contributed by atoms with van der Waals surface area (Å²) in [6.07, 6.45) is 9.56. The zero-order valence-electron chi connectivity index (χ0n) is 14.4. The summed E-state index contributed by atoms with van der Waals surface area (Å²) in [6.45, 7) is 2.17. The molecule has 0 bridgehead atoms. The first kappa shape index (κ1) is 22.1. The van der Waals surface area contributed by atoms with Crippen molar-refractivity contribution in [3.8, 4) is 0 Å². The Hall–Kier alpha value is -0.910. The molecular formula is C18H34O5. The van der Waals surface area contributed by atoms with Gasteiger partial charge < -0.3 is 20.4 Å². The Kier molecular flexibility index (Phi) is 14.1. The molecule has 0 fully saturated rings. The second-order valence-electron chi connectivity index (χ2n) is 6.21. The Morgan fingerprint density at radius 1 is 0.870 bits per heavy atom. The number of carboxylic acids is 1. The molecule has 0 aromatic rings. The first-order chi connectivity index (χ1) is 11.0. The molecule has 0 amide bonds. The van der Waals surface area contributed by atoms with E-state index in [2.05, 4.69) is 6.92 Å². The third kappa shape index (κ3) is 14.4. The van der Waals surface area contributed by atoms with Crippen LogP contribution in [-0.2, 0) is 4.79 Å². The summed E-state index contributed by atoms with van der Waals surface area (Å²) in [5.41, 5.74) is 0. The summed E-state index contributed by atoms with van der Waals surface area (Å²) in [5.74, 6) is -0.830. The molecule has 0 aromatic heterocycles. The maximum atomic E-state index is 10.4. The van der Waals surface area contributed by atoms with Crippen molar-refractivity contribution in [1.29, 1.82) is 0 Å². The highest BCUT2D eigenvalue weighted by Gasteiger charge is 2.13. The molecule has 0 rings (SSSR count). The number of hydrogen-bond donors (Lipinski definition) is 4. The minimum Gasteiger partial charge on any atom is -0.481 e. The molecule has 0 aliphatic carbocycles. The van der Waals surface area contributed by atoms with E-state index in [1.165, 1.54) is 37.8 Å². The van der Waals surface area contributed by atoms with Crippen LogP contribution in [0.1, 0.15) is 77.6 Å². The van der Waals surface area contributed by atoms with Crippen molar-refractivity contribution in [3.63, 3.8) is 0 Å². The highest BCUT2D eigenvalue weighted by molar-refractivity contribution is 5.66. The van der Waals surface area contributed by atoms with Gasteiger partial charge in [-0.05, 0) is 25.7 Å². The fourth-order valence-corrected chi connectivity index (χ4v) is 2.40. The van der Waals surface area contributed by atoms with Crippen molar-refractivity contribution in [1.82, 2.24) is 0 Å². The predicted octanol–water partition coefficient (Wildman–Crippen LogP) is 3.02. The van der Waals surface area contributed by atoms with Gasteiger partial charge in [0.05, 0.1) is 18.3 Å². The van der Waals surface area contributed by atoms with E-state index < -0.39 is 24.3 Å². The lowest BCUT2D eigenvalue weighted by Gasteiger charge is -2.15. The Balaban J connectivity index is 3.74. The average molecular weight is 330 g/mol. The van der Waals surface area contributed by atoms with Gasteiger partial charge in [0.15, 0.2) is 0 Å². The Morgan fingerprint density at radius 3 is 2.13 bits per heavy atom. The lowest BCUT2D eigenvalue weighted by Crippen LogP contribution is -2.24. The molecular weight excluding hydrogens is 296 g/mol. The first-order valence-electron chi connectivity index (χ1n) is 8.91. The van der Waals surface area contributed by atoms with Crippen LogP contribution < -0.4 is 0 Å². The molecule has 0 aromatic carbocycles. The summed E-state index contributed by atoms with van der Waals surface area (Å²) in [5, 5.41) is 37.9. The number of aliphatic hydroxyl groups excluding tert-OH is 3. The topological polar surface area (TPSA) is 98.0 Å². The summed E-state index contributed by atoms with van der Waals surface area (Å²) in [6, 6.07) is 0. The second-order valence-corrected chi connectivity index (χ2v) is 6.21. The predicted molar refractivity (Wildman–Crippen MR) is 91.3 cm³/mol. The molecule has 4 N–H and O–H groups in total. The molecule has 0 saturated heterocycles. The minimum atomic E-state index is -0.959. The summed E-state index contributed by atoms with van der Waals surface area (Å²) in [7, 11) is 0. The Morgan fingerprint density at radius 2 is 1.48 bits per heavy atom. The van der Waals surface area contributed by atoms with Gasteiger partial charge in [-0.15, -0.1) is 0 Å².